The zero-order chi connectivity index (χ0) is 18.8. The van der Waals surface area contributed by atoms with Gasteiger partial charge in [-0.3, -0.25) is 9.79 Å². The zero-order valence-corrected chi connectivity index (χ0v) is 20.1. The van der Waals surface area contributed by atoms with Crippen LogP contribution in [-0.2, 0) is 16.0 Å². The molecule has 0 amide bonds. The van der Waals surface area contributed by atoms with Crippen molar-refractivity contribution in [1.82, 2.24) is 10.6 Å². The number of guanidine groups is 1. The average Bonchev–Trinajstić information content (AvgIpc) is 2.65. The van der Waals surface area contributed by atoms with Gasteiger partial charge in [-0.25, -0.2) is 0 Å². The number of benzene rings is 1. The summed E-state index contributed by atoms with van der Waals surface area (Å²) >= 11 is 3.51. The standard InChI is InChI=1S/C20H30BrN3O2.HI/c1-3-26-19(25)16-9-11-18(12-10-16)24-20(22-2)23-13-5-7-15-6-4-8-17(21)14-15;/h4,6,8,14,16,18H,3,5,7,9-13H2,1-2H3,(H2,22,23,24);1H. The predicted molar refractivity (Wildman–Crippen MR) is 125 cm³/mol. The molecule has 0 unspecified atom stereocenters. The molecule has 0 heterocycles. The number of esters is 1. The summed E-state index contributed by atoms with van der Waals surface area (Å²) < 4.78 is 6.25. The van der Waals surface area contributed by atoms with Crippen molar-refractivity contribution in [1.29, 1.82) is 0 Å². The summed E-state index contributed by atoms with van der Waals surface area (Å²) in [6.45, 7) is 3.20. The van der Waals surface area contributed by atoms with Gasteiger partial charge in [0.15, 0.2) is 5.96 Å². The molecule has 1 aliphatic carbocycles. The Bertz CT molecular complexity index is 605. The number of nitrogens with zero attached hydrogens (tertiary/aromatic N) is 1. The van der Waals surface area contributed by atoms with Crippen LogP contribution < -0.4 is 10.6 Å². The summed E-state index contributed by atoms with van der Waals surface area (Å²) in [5, 5.41) is 6.88. The number of nitrogens with one attached hydrogen (secondary N) is 2. The number of aliphatic imine (C=N–C) groups is 1. The molecular weight excluding hydrogens is 521 g/mol. The molecule has 0 bridgehead atoms. The van der Waals surface area contributed by atoms with Gasteiger partial charge in [0.05, 0.1) is 12.5 Å². The lowest BCUT2D eigenvalue weighted by molar-refractivity contribution is -0.149. The summed E-state index contributed by atoms with van der Waals surface area (Å²) in [4.78, 5) is 16.1. The van der Waals surface area contributed by atoms with Gasteiger partial charge in [0.2, 0.25) is 0 Å². The van der Waals surface area contributed by atoms with Crippen molar-refractivity contribution in [2.45, 2.75) is 51.5 Å². The quantitative estimate of drug-likeness (QED) is 0.174. The lowest BCUT2D eigenvalue weighted by Gasteiger charge is -2.29. The van der Waals surface area contributed by atoms with E-state index in [0.29, 0.717) is 12.6 Å². The molecule has 2 N–H and O–H groups in total. The monoisotopic (exact) mass is 551 g/mol. The van der Waals surface area contributed by atoms with Crippen LogP contribution in [0, 0.1) is 5.92 Å². The lowest BCUT2D eigenvalue weighted by atomic mass is 9.86. The molecular formula is C20H31BrIN3O2. The van der Waals surface area contributed by atoms with E-state index >= 15 is 0 Å². The third-order valence-electron chi connectivity index (χ3n) is 4.74. The van der Waals surface area contributed by atoms with E-state index in [1.54, 1.807) is 7.05 Å². The Morgan fingerprint density at radius 2 is 2.04 bits per heavy atom. The first kappa shape index (κ1) is 24.2. The molecule has 0 aliphatic heterocycles. The van der Waals surface area contributed by atoms with E-state index < -0.39 is 0 Å². The molecule has 1 saturated carbocycles. The number of rotatable bonds is 7. The minimum Gasteiger partial charge on any atom is -0.466 e. The molecule has 0 saturated heterocycles. The van der Waals surface area contributed by atoms with Gasteiger partial charge in [0.25, 0.3) is 0 Å². The Labute approximate surface area is 188 Å². The Kier molecular flexibility index (Phi) is 12.0. The molecule has 1 aromatic carbocycles. The minimum absolute atomic E-state index is 0. The molecule has 0 atom stereocenters. The summed E-state index contributed by atoms with van der Waals surface area (Å²) in [5.41, 5.74) is 1.33. The second-order valence-electron chi connectivity index (χ2n) is 6.68. The Hall–Kier alpha value is -0.830. The van der Waals surface area contributed by atoms with Gasteiger partial charge >= 0.3 is 5.97 Å². The smallest absolute Gasteiger partial charge is 0.308 e. The molecule has 2 rings (SSSR count). The maximum atomic E-state index is 11.8. The first-order valence-electron chi connectivity index (χ1n) is 9.50. The maximum Gasteiger partial charge on any atom is 0.308 e. The first-order valence-corrected chi connectivity index (χ1v) is 10.3. The molecule has 0 spiro atoms. The fourth-order valence-electron chi connectivity index (χ4n) is 3.31. The summed E-state index contributed by atoms with van der Waals surface area (Å²) in [6.07, 6.45) is 5.80. The van der Waals surface area contributed by atoms with Gasteiger partial charge in [0.1, 0.15) is 0 Å². The lowest BCUT2D eigenvalue weighted by Crippen LogP contribution is -2.45. The van der Waals surface area contributed by atoms with Crippen molar-refractivity contribution in [3.63, 3.8) is 0 Å². The summed E-state index contributed by atoms with van der Waals surface area (Å²) in [6, 6.07) is 8.80. The highest BCUT2D eigenvalue weighted by atomic mass is 127. The zero-order valence-electron chi connectivity index (χ0n) is 16.2. The molecule has 5 nitrogen and oxygen atoms in total. The van der Waals surface area contributed by atoms with Crippen LogP contribution in [0.25, 0.3) is 0 Å². The van der Waals surface area contributed by atoms with Gasteiger partial charge < -0.3 is 15.4 Å². The maximum absolute atomic E-state index is 11.8. The van der Waals surface area contributed by atoms with E-state index in [0.717, 1.165) is 55.5 Å². The average molecular weight is 552 g/mol. The second kappa shape index (κ2) is 13.4. The van der Waals surface area contributed by atoms with Crippen molar-refractivity contribution in [3.05, 3.63) is 34.3 Å². The van der Waals surface area contributed by atoms with Gasteiger partial charge in [-0.1, -0.05) is 28.1 Å². The molecule has 152 valence electrons. The van der Waals surface area contributed by atoms with Crippen LogP contribution >= 0.6 is 39.9 Å². The van der Waals surface area contributed by atoms with Gasteiger partial charge in [-0.05, 0) is 63.1 Å². The number of carbonyl (C=O) groups is 1. The fourth-order valence-corrected chi connectivity index (χ4v) is 3.76. The van der Waals surface area contributed by atoms with E-state index in [1.807, 2.05) is 13.0 Å². The largest absolute Gasteiger partial charge is 0.466 e. The predicted octanol–water partition coefficient (Wildman–Crippen LogP) is 4.29. The highest BCUT2D eigenvalue weighted by Crippen LogP contribution is 2.25. The molecule has 1 aromatic rings. The second-order valence-corrected chi connectivity index (χ2v) is 7.59. The Morgan fingerprint density at radius 3 is 2.67 bits per heavy atom. The van der Waals surface area contributed by atoms with E-state index in [4.69, 9.17) is 4.74 Å². The van der Waals surface area contributed by atoms with E-state index in [2.05, 4.69) is 49.8 Å². The summed E-state index contributed by atoms with van der Waals surface area (Å²) in [7, 11) is 1.80. The molecule has 27 heavy (non-hydrogen) atoms. The van der Waals surface area contributed by atoms with E-state index in [-0.39, 0.29) is 35.9 Å². The molecule has 7 heteroatoms. The third kappa shape index (κ3) is 8.81. The number of aryl methyl sites for hydroxylation is 1. The van der Waals surface area contributed by atoms with E-state index in [1.165, 1.54) is 5.56 Å². The highest BCUT2D eigenvalue weighted by Gasteiger charge is 2.27. The van der Waals surface area contributed by atoms with Gasteiger partial charge in [-0.15, -0.1) is 24.0 Å². The fraction of sp³-hybridized carbons (Fsp3) is 0.600. The van der Waals surface area contributed by atoms with Crippen molar-refractivity contribution in [2.75, 3.05) is 20.2 Å². The van der Waals surface area contributed by atoms with Crippen LogP contribution in [0.15, 0.2) is 33.7 Å². The Balaban J connectivity index is 0.00000364. The van der Waals surface area contributed by atoms with Crippen molar-refractivity contribution in [3.8, 4) is 0 Å². The van der Waals surface area contributed by atoms with Crippen LogP contribution in [0.2, 0.25) is 0 Å². The SMILES string of the molecule is CCOC(=O)C1CCC(NC(=NC)NCCCc2cccc(Br)c2)CC1.I. The third-order valence-corrected chi connectivity index (χ3v) is 5.23. The number of hydrogen-bond donors (Lipinski definition) is 2. The van der Waals surface area contributed by atoms with Gasteiger partial charge in [-0.2, -0.15) is 0 Å². The number of hydrogen-bond acceptors (Lipinski definition) is 3. The highest BCUT2D eigenvalue weighted by molar-refractivity contribution is 14.0. The van der Waals surface area contributed by atoms with E-state index in [9.17, 15) is 4.79 Å². The molecule has 0 aromatic heterocycles. The minimum atomic E-state index is -0.0407. The molecule has 1 fully saturated rings. The first-order chi connectivity index (χ1) is 12.6. The number of carbonyl (C=O) groups excluding carboxylic acids is 1. The molecule has 1 aliphatic rings. The summed E-state index contributed by atoms with van der Waals surface area (Å²) in [5.74, 6) is 0.869. The van der Waals surface area contributed by atoms with Gasteiger partial charge in [0, 0.05) is 24.1 Å². The topological polar surface area (TPSA) is 62.7 Å². The Morgan fingerprint density at radius 1 is 1.30 bits per heavy atom. The van der Waals surface area contributed by atoms with Crippen molar-refractivity contribution >= 4 is 51.8 Å². The van der Waals surface area contributed by atoms with Crippen LogP contribution in [0.3, 0.4) is 0 Å². The van der Waals surface area contributed by atoms with Crippen molar-refractivity contribution < 1.29 is 9.53 Å². The van der Waals surface area contributed by atoms with Crippen LogP contribution in [0.1, 0.15) is 44.6 Å². The number of ether oxygens (including phenoxy) is 1. The van der Waals surface area contributed by atoms with Crippen LogP contribution in [0.4, 0.5) is 0 Å². The normalized spacial score (nSPS) is 19.7. The van der Waals surface area contributed by atoms with Crippen LogP contribution in [-0.4, -0.2) is 38.2 Å². The number of halogens is 2. The molecule has 0 radical (unpaired) electrons. The van der Waals surface area contributed by atoms with Crippen molar-refractivity contribution in [2.24, 2.45) is 10.9 Å². The van der Waals surface area contributed by atoms with Crippen LogP contribution in [0.5, 0.6) is 0 Å².